The predicted octanol–water partition coefficient (Wildman–Crippen LogP) is 3.06. The van der Waals surface area contributed by atoms with E-state index in [2.05, 4.69) is 0 Å². The zero-order valence-electron chi connectivity index (χ0n) is 13.6. The summed E-state index contributed by atoms with van der Waals surface area (Å²) in [6, 6.07) is 14.7. The molecule has 0 aliphatic heterocycles. The summed E-state index contributed by atoms with van der Waals surface area (Å²) in [5.74, 6) is 1.40. The van der Waals surface area contributed by atoms with Crippen LogP contribution < -0.4 is 20.8 Å². The van der Waals surface area contributed by atoms with Gasteiger partial charge < -0.3 is 19.8 Å². The van der Waals surface area contributed by atoms with Gasteiger partial charge in [0.05, 0.1) is 18.5 Å². The van der Waals surface area contributed by atoms with E-state index in [0.717, 1.165) is 5.39 Å². The number of fused-ring (bicyclic) bond motifs is 1. The number of nitrogens with zero attached hydrogens (tertiary/aromatic N) is 1. The number of ether oxygens (including phenoxy) is 2. The Bertz CT molecular complexity index is 902. The number of hydrogen-bond acceptors (Lipinski definition) is 4. The Kier molecular flexibility index (Phi) is 4.70. The highest BCUT2D eigenvalue weighted by Gasteiger charge is 2.05. The van der Waals surface area contributed by atoms with E-state index in [1.165, 1.54) is 0 Å². The molecule has 0 saturated heterocycles. The number of hydrogen-bond donors (Lipinski definition) is 1. The first-order valence-electron chi connectivity index (χ1n) is 7.91. The van der Waals surface area contributed by atoms with Gasteiger partial charge in [0.2, 0.25) is 0 Å². The van der Waals surface area contributed by atoms with Gasteiger partial charge >= 0.3 is 0 Å². The van der Waals surface area contributed by atoms with Crippen LogP contribution in [-0.4, -0.2) is 17.8 Å². The summed E-state index contributed by atoms with van der Waals surface area (Å²) in [5.41, 5.74) is 6.32. The average molecular weight is 324 g/mol. The Labute approximate surface area is 140 Å². The molecule has 0 fully saturated rings. The average Bonchev–Trinajstić information content (AvgIpc) is 2.58. The topological polar surface area (TPSA) is 66.5 Å². The molecule has 0 radical (unpaired) electrons. The second kappa shape index (κ2) is 7.08. The quantitative estimate of drug-likeness (QED) is 0.708. The van der Waals surface area contributed by atoms with Crippen molar-refractivity contribution in [1.82, 2.24) is 4.57 Å². The largest absolute Gasteiger partial charge is 0.494 e. The highest BCUT2D eigenvalue weighted by molar-refractivity contribution is 5.82. The lowest BCUT2D eigenvalue weighted by Crippen LogP contribution is -2.22. The van der Waals surface area contributed by atoms with Gasteiger partial charge in [0.1, 0.15) is 18.1 Å². The van der Waals surface area contributed by atoms with Gasteiger partial charge in [0.25, 0.3) is 5.56 Å². The maximum absolute atomic E-state index is 12.6. The molecule has 2 aromatic carbocycles. The van der Waals surface area contributed by atoms with Gasteiger partial charge in [-0.2, -0.15) is 0 Å². The lowest BCUT2D eigenvalue weighted by molar-refractivity contribution is 0.297. The van der Waals surface area contributed by atoms with Crippen molar-refractivity contribution in [3.05, 3.63) is 65.1 Å². The Hall–Kier alpha value is -2.95. The second-order valence-corrected chi connectivity index (χ2v) is 5.42. The molecule has 2 N–H and O–H groups in total. The van der Waals surface area contributed by atoms with E-state index in [-0.39, 0.29) is 5.56 Å². The molecule has 5 nitrogen and oxygen atoms in total. The number of rotatable bonds is 6. The molecule has 0 spiro atoms. The van der Waals surface area contributed by atoms with Crippen LogP contribution in [0.25, 0.3) is 10.8 Å². The molecule has 1 aromatic heterocycles. The standard InChI is InChI=1S/C19H20N2O3/c1-2-23-17-7-6-14-8-9-21(19(22)18(14)13-17)10-11-24-16-5-3-4-15(20)12-16/h3-9,12-13H,2,10-11,20H2,1H3. The van der Waals surface area contributed by atoms with Gasteiger partial charge in [-0.1, -0.05) is 12.1 Å². The Balaban J connectivity index is 1.77. The van der Waals surface area contributed by atoms with Crippen LogP contribution in [0.15, 0.2) is 59.5 Å². The summed E-state index contributed by atoms with van der Waals surface area (Å²) in [4.78, 5) is 12.6. The fourth-order valence-electron chi connectivity index (χ4n) is 2.56. The Morgan fingerprint density at radius 3 is 2.67 bits per heavy atom. The smallest absolute Gasteiger partial charge is 0.258 e. The first kappa shape index (κ1) is 15.9. The maximum Gasteiger partial charge on any atom is 0.258 e. The van der Waals surface area contributed by atoms with Crippen molar-refractivity contribution in [3.63, 3.8) is 0 Å². The lowest BCUT2D eigenvalue weighted by Gasteiger charge is -2.10. The summed E-state index contributed by atoms with van der Waals surface area (Å²) in [6.07, 6.45) is 1.79. The van der Waals surface area contributed by atoms with E-state index >= 15 is 0 Å². The first-order chi connectivity index (χ1) is 11.7. The van der Waals surface area contributed by atoms with Gasteiger partial charge in [-0.15, -0.1) is 0 Å². The van der Waals surface area contributed by atoms with Crippen LogP contribution in [-0.2, 0) is 6.54 Å². The molecule has 3 aromatic rings. The molecule has 5 heteroatoms. The second-order valence-electron chi connectivity index (χ2n) is 5.42. The van der Waals surface area contributed by atoms with E-state index in [1.807, 2.05) is 37.3 Å². The van der Waals surface area contributed by atoms with Crippen molar-refractivity contribution in [1.29, 1.82) is 0 Å². The molecule has 0 aliphatic carbocycles. The zero-order valence-corrected chi connectivity index (χ0v) is 13.6. The minimum Gasteiger partial charge on any atom is -0.494 e. The maximum atomic E-state index is 12.6. The van der Waals surface area contributed by atoms with E-state index in [9.17, 15) is 4.79 Å². The molecule has 0 saturated carbocycles. The molecule has 0 amide bonds. The van der Waals surface area contributed by atoms with Gasteiger partial charge in [-0.3, -0.25) is 4.79 Å². The fourth-order valence-corrected chi connectivity index (χ4v) is 2.56. The minimum atomic E-state index is -0.0507. The van der Waals surface area contributed by atoms with Crippen LogP contribution in [0, 0.1) is 0 Å². The highest BCUT2D eigenvalue weighted by atomic mass is 16.5. The molecular formula is C19H20N2O3. The molecule has 0 bridgehead atoms. The molecule has 124 valence electrons. The number of anilines is 1. The number of aromatic nitrogens is 1. The van der Waals surface area contributed by atoms with Gasteiger partial charge in [0.15, 0.2) is 0 Å². The number of benzene rings is 2. The molecule has 0 aliphatic rings. The van der Waals surface area contributed by atoms with Crippen LogP contribution >= 0.6 is 0 Å². The van der Waals surface area contributed by atoms with Crippen molar-refractivity contribution >= 4 is 16.5 Å². The van der Waals surface area contributed by atoms with Crippen molar-refractivity contribution < 1.29 is 9.47 Å². The van der Waals surface area contributed by atoms with Crippen molar-refractivity contribution in [2.75, 3.05) is 18.9 Å². The first-order valence-corrected chi connectivity index (χ1v) is 7.91. The summed E-state index contributed by atoms with van der Waals surface area (Å²) in [5, 5.41) is 1.55. The van der Waals surface area contributed by atoms with Crippen LogP contribution in [0.4, 0.5) is 5.69 Å². The van der Waals surface area contributed by atoms with E-state index in [1.54, 1.807) is 29.0 Å². The van der Waals surface area contributed by atoms with Crippen molar-refractivity contribution in [2.24, 2.45) is 0 Å². The van der Waals surface area contributed by atoms with Crippen LogP contribution in [0.2, 0.25) is 0 Å². The molecule has 0 atom stereocenters. The summed E-state index contributed by atoms with van der Waals surface area (Å²) in [7, 11) is 0. The Morgan fingerprint density at radius 1 is 1.04 bits per heavy atom. The summed E-state index contributed by atoms with van der Waals surface area (Å²) < 4.78 is 12.8. The van der Waals surface area contributed by atoms with Gasteiger partial charge in [-0.25, -0.2) is 0 Å². The van der Waals surface area contributed by atoms with E-state index in [0.29, 0.717) is 42.3 Å². The normalized spacial score (nSPS) is 10.7. The summed E-state index contributed by atoms with van der Waals surface area (Å²) in [6.45, 7) is 3.34. The minimum absolute atomic E-state index is 0.0507. The number of nitrogen functional groups attached to an aromatic ring is 1. The molecule has 3 rings (SSSR count). The molecular weight excluding hydrogens is 304 g/mol. The van der Waals surface area contributed by atoms with Crippen LogP contribution in [0.5, 0.6) is 11.5 Å². The summed E-state index contributed by atoms with van der Waals surface area (Å²) >= 11 is 0. The fraction of sp³-hybridized carbons (Fsp3) is 0.211. The van der Waals surface area contributed by atoms with E-state index < -0.39 is 0 Å². The number of pyridine rings is 1. The van der Waals surface area contributed by atoms with E-state index in [4.69, 9.17) is 15.2 Å². The lowest BCUT2D eigenvalue weighted by atomic mass is 10.1. The van der Waals surface area contributed by atoms with Crippen LogP contribution in [0.1, 0.15) is 6.92 Å². The monoisotopic (exact) mass is 324 g/mol. The molecule has 0 unspecified atom stereocenters. The Morgan fingerprint density at radius 2 is 1.88 bits per heavy atom. The van der Waals surface area contributed by atoms with Crippen molar-refractivity contribution in [2.45, 2.75) is 13.5 Å². The molecule has 1 heterocycles. The molecule has 24 heavy (non-hydrogen) atoms. The highest BCUT2D eigenvalue weighted by Crippen LogP contribution is 2.18. The third-order valence-electron chi connectivity index (χ3n) is 3.72. The third kappa shape index (κ3) is 3.51. The predicted molar refractivity (Wildman–Crippen MR) is 95.7 cm³/mol. The van der Waals surface area contributed by atoms with Crippen molar-refractivity contribution in [3.8, 4) is 11.5 Å². The zero-order chi connectivity index (χ0) is 16.9. The third-order valence-corrected chi connectivity index (χ3v) is 3.72. The number of nitrogens with two attached hydrogens (primary N) is 1. The van der Waals surface area contributed by atoms with Gasteiger partial charge in [-0.05, 0) is 42.6 Å². The van der Waals surface area contributed by atoms with Crippen LogP contribution in [0.3, 0.4) is 0 Å². The van der Waals surface area contributed by atoms with Gasteiger partial charge in [0, 0.05) is 18.0 Å². The SMILES string of the molecule is CCOc1ccc2ccn(CCOc3cccc(N)c3)c(=O)c2c1.